The monoisotopic (exact) mass is 567 g/mol. The molecule has 0 fully saturated rings. The highest BCUT2D eigenvalue weighted by molar-refractivity contribution is 7.99. The Kier molecular flexibility index (Phi) is 9.59. The molecule has 38 heavy (non-hydrogen) atoms. The number of halogens is 2. The Balaban J connectivity index is 1.18. The van der Waals surface area contributed by atoms with E-state index in [9.17, 15) is 4.79 Å². The molecular formula is C26H19Cl2N5O4S. The molecule has 4 aromatic rings. The number of rotatable bonds is 11. The summed E-state index contributed by atoms with van der Waals surface area (Å²) >= 11 is 13.0. The third kappa shape index (κ3) is 7.98. The third-order valence-electron chi connectivity index (χ3n) is 4.84. The van der Waals surface area contributed by atoms with Crippen LogP contribution in [-0.2, 0) is 18.0 Å². The van der Waals surface area contributed by atoms with Crippen molar-refractivity contribution < 1.29 is 18.7 Å². The van der Waals surface area contributed by atoms with Crippen LogP contribution >= 0.6 is 35.0 Å². The van der Waals surface area contributed by atoms with Crippen LogP contribution in [0.25, 0.3) is 0 Å². The van der Waals surface area contributed by atoms with Crippen molar-refractivity contribution in [3.63, 3.8) is 0 Å². The number of carbonyl (C=O) groups excluding carboxylic acids is 1. The van der Waals surface area contributed by atoms with E-state index < -0.39 is 0 Å². The van der Waals surface area contributed by atoms with E-state index in [1.807, 2.05) is 18.2 Å². The van der Waals surface area contributed by atoms with Crippen molar-refractivity contribution in [1.82, 2.24) is 15.6 Å². The lowest BCUT2D eigenvalue weighted by molar-refractivity contribution is -0.118. The molecule has 0 saturated heterocycles. The van der Waals surface area contributed by atoms with Crippen LogP contribution in [0, 0.1) is 11.3 Å². The molecule has 0 saturated carbocycles. The first-order valence-electron chi connectivity index (χ1n) is 11.1. The Hall–Kier alpha value is -4.04. The molecule has 0 atom stereocenters. The zero-order chi connectivity index (χ0) is 26.7. The van der Waals surface area contributed by atoms with Gasteiger partial charge >= 0.3 is 0 Å². The zero-order valence-corrected chi connectivity index (χ0v) is 22.0. The molecular weight excluding hydrogens is 549 g/mol. The third-order valence-corrected chi connectivity index (χ3v) is 6.18. The van der Waals surface area contributed by atoms with Gasteiger partial charge in [0.25, 0.3) is 17.0 Å². The van der Waals surface area contributed by atoms with Crippen molar-refractivity contribution in [2.75, 3.05) is 5.75 Å². The van der Waals surface area contributed by atoms with Crippen molar-refractivity contribution in [2.24, 2.45) is 5.10 Å². The number of nitrogens with one attached hydrogen (secondary N) is 1. The van der Waals surface area contributed by atoms with Crippen LogP contribution in [0.1, 0.15) is 22.6 Å². The van der Waals surface area contributed by atoms with Crippen molar-refractivity contribution in [2.45, 2.75) is 18.4 Å². The normalized spacial score (nSPS) is 10.8. The van der Waals surface area contributed by atoms with Crippen molar-refractivity contribution in [3.8, 4) is 17.6 Å². The van der Waals surface area contributed by atoms with Crippen LogP contribution in [0.15, 0.2) is 81.5 Å². The Morgan fingerprint density at radius 2 is 1.89 bits per heavy atom. The van der Waals surface area contributed by atoms with Gasteiger partial charge in [-0.1, -0.05) is 53.2 Å². The summed E-state index contributed by atoms with van der Waals surface area (Å²) in [5, 5.41) is 22.0. The van der Waals surface area contributed by atoms with Crippen LogP contribution in [0.2, 0.25) is 10.0 Å². The van der Waals surface area contributed by atoms with Gasteiger partial charge < -0.3 is 13.9 Å². The highest BCUT2D eigenvalue weighted by Crippen LogP contribution is 2.28. The van der Waals surface area contributed by atoms with Crippen LogP contribution in [0.4, 0.5) is 0 Å². The van der Waals surface area contributed by atoms with E-state index in [0.29, 0.717) is 27.1 Å². The second-order valence-corrected chi connectivity index (χ2v) is 9.30. The number of hydrogen-bond acceptors (Lipinski definition) is 9. The smallest absolute Gasteiger partial charge is 0.277 e. The maximum atomic E-state index is 12.1. The average Bonchev–Trinajstić information content (AvgIpc) is 3.39. The van der Waals surface area contributed by atoms with E-state index >= 15 is 0 Å². The molecule has 192 valence electrons. The van der Waals surface area contributed by atoms with Crippen LogP contribution in [-0.4, -0.2) is 28.1 Å². The van der Waals surface area contributed by atoms with E-state index in [2.05, 4.69) is 26.8 Å². The fourth-order valence-electron chi connectivity index (χ4n) is 2.99. The molecule has 4 rings (SSSR count). The number of benzene rings is 3. The lowest BCUT2D eigenvalue weighted by atomic mass is 10.1. The molecule has 1 aromatic heterocycles. The SMILES string of the molecule is N#Cc1ccccc1COc1ccc(/C=N\NC(=O)CSc2nnc(COc3ccc(Cl)cc3Cl)o2)cc1. The van der Waals surface area contributed by atoms with E-state index in [1.54, 1.807) is 48.5 Å². The number of aromatic nitrogens is 2. The Labute approximate surface area is 232 Å². The van der Waals surface area contributed by atoms with E-state index in [-0.39, 0.29) is 36.0 Å². The first-order valence-corrected chi connectivity index (χ1v) is 12.8. The van der Waals surface area contributed by atoms with Gasteiger partial charge in [0.15, 0.2) is 6.61 Å². The van der Waals surface area contributed by atoms with Gasteiger partial charge in [0.2, 0.25) is 0 Å². The molecule has 0 aliphatic rings. The molecule has 1 heterocycles. The van der Waals surface area contributed by atoms with Gasteiger partial charge in [0, 0.05) is 10.6 Å². The summed E-state index contributed by atoms with van der Waals surface area (Å²) in [6, 6.07) is 21.5. The van der Waals surface area contributed by atoms with Crippen LogP contribution in [0.3, 0.4) is 0 Å². The van der Waals surface area contributed by atoms with Gasteiger partial charge in [-0.2, -0.15) is 10.4 Å². The summed E-state index contributed by atoms with van der Waals surface area (Å²) in [6.07, 6.45) is 1.52. The molecule has 0 aliphatic carbocycles. The minimum atomic E-state index is -0.341. The molecule has 12 heteroatoms. The van der Waals surface area contributed by atoms with Crippen LogP contribution in [0.5, 0.6) is 11.5 Å². The lowest BCUT2D eigenvalue weighted by Crippen LogP contribution is -2.19. The van der Waals surface area contributed by atoms with Crippen LogP contribution < -0.4 is 14.9 Å². The topological polar surface area (TPSA) is 123 Å². The molecule has 0 bridgehead atoms. The highest BCUT2D eigenvalue weighted by atomic mass is 35.5. The van der Waals surface area contributed by atoms with Gasteiger partial charge in [-0.05, 0) is 54.1 Å². The van der Waals surface area contributed by atoms with Crippen molar-refractivity contribution in [3.05, 3.63) is 99.4 Å². The van der Waals surface area contributed by atoms with Gasteiger partial charge in [0.05, 0.1) is 28.6 Å². The summed E-state index contributed by atoms with van der Waals surface area (Å²) in [6.45, 7) is 0.304. The second kappa shape index (κ2) is 13.5. The number of ether oxygens (including phenoxy) is 2. The number of amides is 1. The second-order valence-electron chi connectivity index (χ2n) is 7.53. The summed E-state index contributed by atoms with van der Waals surface area (Å²) in [5.74, 6) is 1.00. The van der Waals surface area contributed by atoms with Gasteiger partial charge in [0.1, 0.15) is 18.1 Å². The molecule has 3 aromatic carbocycles. The Morgan fingerprint density at radius 1 is 1.08 bits per heavy atom. The van der Waals surface area contributed by atoms with Gasteiger partial charge in [-0.25, -0.2) is 5.43 Å². The summed E-state index contributed by atoms with van der Waals surface area (Å²) in [4.78, 5) is 12.1. The van der Waals surface area contributed by atoms with E-state index in [1.165, 1.54) is 6.21 Å². The molecule has 0 radical (unpaired) electrons. The maximum Gasteiger partial charge on any atom is 0.277 e. The molecule has 1 amide bonds. The molecule has 9 nitrogen and oxygen atoms in total. The Bertz CT molecular complexity index is 1470. The fraction of sp³-hybridized carbons (Fsp3) is 0.115. The summed E-state index contributed by atoms with van der Waals surface area (Å²) in [7, 11) is 0. The first-order chi connectivity index (χ1) is 18.5. The average molecular weight is 568 g/mol. The number of hydrazone groups is 1. The highest BCUT2D eigenvalue weighted by Gasteiger charge is 2.11. The van der Waals surface area contributed by atoms with Gasteiger partial charge in [-0.3, -0.25) is 4.79 Å². The predicted octanol–water partition coefficient (Wildman–Crippen LogP) is 5.65. The molecule has 0 unspecified atom stereocenters. The van der Waals surface area contributed by atoms with Crippen molar-refractivity contribution in [1.29, 1.82) is 5.26 Å². The predicted molar refractivity (Wildman–Crippen MR) is 143 cm³/mol. The number of nitrogens with zero attached hydrogens (tertiary/aromatic N) is 4. The minimum absolute atomic E-state index is 0.0163. The number of thioether (sulfide) groups is 1. The first kappa shape index (κ1) is 27.0. The standard InChI is InChI=1S/C26H19Cl2N5O4S/c27-20-7-10-23(22(28)11-20)36-15-25-32-33-26(37-25)38-16-24(34)31-30-13-17-5-8-21(9-6-17)35-14-19-4-2-1-3-18(19)12-29/h1-11,13H,14-16H2,(H,31,34)/b30-13-. The number of carbonyl (C=O) groups is 1. The minimum Gasteiger partial charge on any atom is -0.489 e. The number of hydrogen-bond donors (Lipinski definition) is 1. The number of nitriles is 1. The largest absolute Gasteiger partial charge is 0.489 e. The van der Waals surface area contributed by atoms with E-state index in [4.69, 9.17) is 42.4 Å². The summed E-state index contributed by atoms with van der Waals surface area (Å²) in [5.41, 5.74) is 4.61. The van der Waals surface area contributed by atoms with Crippen molar-refractivity contribution >= 4 is 47.1 Å². The molecule has 0 spiro atoms. The van der Waals surface area contributed by atoms with Gasteiger partial charge in [-0.15, -0.1) is 10.2 Å². The Morgan fingerprint density at radius 3 is 2.68 bits per heavy atom. The zero-order valence-electron chi connectivity index (χ0n) is 19.6. The lowest BCUT2D eigenvalue weighted by Gasteiger charge is -2.07. The summed E-state index contributed by atoms with van der Waals surface area (Å²) < 4.78 is 16.8. The molecule has 1 N–H and O–H groups in total. The molecule has 0 aliphatic heterocycles. The van der Waals surface area contributed by atoms with E-state index in [0.717, 1.165) is 22.9 Å². The fourth-order valence-corrected chi connectivity index (χ4v) is 4.03. The maximum absolute atomic E-state index is 12.1. The quantitative estimate of drug-likeness (QED) is 0.140.